The third-order valence-corrected chi connectivity index (χ3v) is 5.75. The molecule has 0 saturated carbocycles. The average Bonchev–Trinajstić information content (AvgIpc) is 3.38. The molecular weight excluding hydrogens is 439 g/mol. The maximum Gasteiger partial charge on any atom is 0.434 e. The number of benzene rings is 1. The van der Waals surface area contributed by atoms with Gasteiger partial charge < -0.3 is 0 Å². The molecule has 10 heteroatoms. The largest absolute Gasteiger partial charge is 0.434 e. The van der Waals surface area contributed by atoms with Crippen molar-refractivity contribution in [3.8, 4) is 17.1 Å². The van der Waals surface area contributed by atoms with Gasteiger partial charge in [-0.05, 0) is 55.7 Å². The Morgan fingerprint density at radius 3 is 2.53 bits per heavy atom. The van der Waals surface area contributed by atoms with Crippen LogP contribution in [0, 0.1) is 20.8 Å². The van der Waals surface area contributed by atoms with Crippen LogP contribution in [-0.4, -0.2) is 25.7 Å². The molecule has 4 aromatic rings. The summed E-state index contributed by atoms with van der Waals surface area (Å²) in [6.07, 6.45) is -2.58. The summed E-state index contributed by atoms with van der Waals surface area (Å²) in [6, 6.07) is 8.54. The summed E-state index contributed by atoms with van der Waals surface area (Å²) in [5.41, 5.74) is 3.01. The number of pyridine rings is 1. The highest BCUT2D eigenvalue weighted by Crippen LogP contribution is 2.34. The minimum absolute atomic E-state index is 0.0411. The first kappa shape index (κ1) is 21.7. The van der Waals surface area contributed by atoms with Crippen LogP contribution in [0.25, 0.3) is 17.1 Å². The van der Waals surface area contributed by atoms with E-state index in [0.717, 1.165) is 39.8 Å². The molecule has 6 nitrogen and oxygen atoms in total. The molecule has 0 atom stereocenters. The predicted molar refractivity (Wildman–Crippen MR) is 116 cm³/mol. The fourth-order valence-corrected chi connectivity index (χ4v) is 4.00. The van der Waals surface area contributed by atoms with Crippen LogP contribution >= 0.6 is 11.3 Å². The van der Waals surface area contributed by atoms with Crippen molar-refractivity contribution in [2.24, 2.45) is 0 Å². The van der Waals surface area contributed by atoms with Crippen LogP contribution in [-0.2, 0) is 6.18 Å². The highest BCUT2D eigenvalue weighted by Gasteiger charge is 2.41. The van der Waals surface area contributed by atoms with Gasteiger partial charge in [-0.3, -0.25) is 10.1 Å². The van der Waals surface area contributed by atoms with E-state index in [2.05, 4.69) is 20.4 Å². The van der Waals surface area contributed by atoms with E-state index in [9.17, 15) is 18.0 Å². The van der Waals surface area contributed by atoms with Crippen molar-refractivity contribution < 1.29 is 18.0 Å². The number of carbonyl (C=O) groups is 1. The Labute approximate surface area is 185 Å². The molecule has 1 amide bonds. The van der Waals surface area contributed by atoms with Crippen molar-refractivity contribution in [1.29, 1.82) is 0 Å². The molecule has 3 heterocycles. The SMILES string of the molecule is Cc1cc(C)c(-c2csc(NC(=O)c3cnn(-c4ccccn4)c3C(F)(F)F)n2)cc1C. The number of anilines is 1. The quantitative estimate of drug-likeness (QED) is 0.434. The summed E-state index contributed by atoms with van der Waals surface area (Å²) in [5, 5.41) is 8.17. The number of aromatic nitrogens is 4. The van der Waals surface area contributed by atoms with Gasteiger partial charge in [0, 0.05) is 17.1 Å². The Morgan fingerprint density at radius 2 is 1.84 bits per heavy atom. The summed E-state index contributed by atoms with van der Waals surface area (Å²) in [5.74, 6) is -0.988. The van der Waals surface area contributed by atoms with E-state index in [1.807, 2.05) is 32.9 Å². The number of aryl methyl sites for hydroxylation is 3. The molecule has 1 aromatic carbocycles. The second-order valence-corrected chi connectivity index (χ2v) is 8.11. The number of hydrogen-bond donors (Lipinski definition) is 1. The zero-order valence-corrected chi connectivity index (χ0v) is 18.2. The van der Waals surface area contributed by atoms with Gasteiger partial charge in [-0.25, -0.2) is 14.6 Å². The van der Waals surface area contributed by atoms with Crippen molar-refractivity contribution in [3.05, 3.63) is 76.1 Å². The fourth-order valence-electron chi connectivity index (χ4n) is 3.30. The number of alkyl halides is 3. The lowest BCUT2D eigenvalue weighted by Gasteiger charge is -2.11. The molecule has 0 aliphatic rings. The van der Waals surface area contributed by atoms with Gasteiger partial charge in [0.1, 0.15) is 0 Å². The van der Waals surface area contributed by atoms with Gasteiger partial charge in [0.15, 0.2) is 16.6 Å². The molecule has 0 bridgehead atoms. The number of halogens is 3. The highest BCUT2D eigenvalue weighted by atomic mass is 32.1. The lowest BCUT2D eigenvalue weighted by Crippen LogP contribution is -2.21. The second-order valence-electron chi connectivity index (χ2n) is 7.25. The normalized spacial score (nSPS) is 11.6. The lowest BCUT2D eigenvalue weighted by molar-refractivity contribution is -0.143. The first-order valence-corrected chi connectivity index (χ1v) is 10.4. The van der Waals surface area contributed by atoms with Gasteiger partial charge in [0.05, 0.1) is 17.5 Å². The summed E-state index contributed by atoms with van der Waals surface area (Å²) in [6.45, 7) is 5.97. The minimum atomic E-state index is -4.81. The van der Waals surface area contributed by atoms with Gasteiger partial charge >= 0.3 is 6.18 Å². The monoisotopic (exact) mass is 457 g/mol. The van der Waals surface area contributed by atoms with E-state index >= 15 is 0 Å². The topological polar surface area (TPSA) is 72.7 Å². The molecule has 1 N–H and O–H groups in total. The molecule has 0 aliphatic carbocycles. The second kappa shape index (κ2) is 8.19. The molecule has 164 valence electrons. The molecule has 4 rings (SSSR count). The van der Waals surface area contributed by atoms with Crippen LogP contribution in [0.5, 0.6) is 0 Å². The maximum atomic E-state index is 13.8. The van der Waals surface area contributed by atoms with Crippen LogP contribution in [0.1, 0.15) is 32.7 Å². The van der Waals surface area contributed by atoms with Crippen LogP contribution in [0.2, 0.25) is 0 Å². The van der Waals surface area contributed by atoms with E-state index in [1.165, 1.54) is 18.3 Å². The first-order valence-electron chi connectivity index (χ1n) is 9.57. The van der Waals surface area contributed by atoms with E-state index < -0.39 is 23.3 Å². The standard InChI is InChI=1S/C22H18F3N5OS/c1-12-8-14(3)15(9-13(12)2)17-11-32-21(28-17)29-20(31)16-10-27-30(19(16)22(23,24)25)18-6-4-5-7-26-18/h4-11H,1-3H3,(H,28,29,31). The number of amides is 1. The Morgan fingerprint density at radius 1 is 1.09 bits per heavy atom. The molecule has 0 spiro atoms. The summed E-state index contributed by atoms with van der Waals surface area (Å²) >= 11 is 1.14. The average molecular weight is 457 g/mol. The van der Waals surface area contributed by atoms with Gasteiger partial charge in [-0.2, -0.15) is 18.3 Å². The summed E-state index contributed by atoms with van der Waals surface area (Å²) < 4.78 is 42.0. The number of nitrogens with one attached hydrogen (secondary N) is 1. The fraction of sp³-hybridized carbons (Fsp3) is 0.182. The molecule has 0 saturated heterocycles. The van der Waals surface area contributed by atoms with Crippen LogP contribution < -0.4 is 5.32 Å². The van der Waals surface area contributed by atoms with Crippen molar-refractivity contribution in [3.63, 3.8) is 0 Å². The third-order valence-electron chi connectivity index (χ3n) is 4.99. The molecule has 0 radical (unpaired) electrons. The zero-order valence-electron chi connectivity index (χ0n) is 17.4. The van der Waals surface area contributed by atoms with Crippen molar-refractivity contribution in [1.82, 2.24) is 19.7 Å². The number of rotatable bonds is 4. The number of hydrogen-bond acceptors (Lipinski definition) is 5. The molecule has 3 aromatic heterocycles. The van der Waals surface area contributed by atoms with Gasteiger partial charge in [-0.1, -0.05) is 12.1 Å². The Bertz CT molecular complexity index is 1290. The Kier molecular flexibility index (Phi) is 5.55. The van der Waals surface area contributed by atoms with Crippen molar-refractivity contribution in [2.75, 3.05) is 5.32 Å². The van der Waals surface area contributed by atoms with Crippen LogP contribution in [0.3, 0.4) is 0 Å². The molecular formula is C22H18F3N5OS. The molecule has 0 aliphatic heterocycles. The summed E-state index contributed by atoms with van der Waals surface area (Å²) in [4.78, 5) is 21.0. The van der Waals surface area contributed by atoms with E-state index in [1.54, 1.807) is 11.4 Å². The zero-order chi connectivity index (χ0) is 23.0. The van der Waals surface area contributed by atoms with Crippen LogP contribution in [0.15, 0.2) is 48.1 Å². The Balaban J connectivity index is 1.65. The lowest BCUT2D eigenvalue weighted by atomic mass is 9.99. The van der Waals surface area contributed by atoms with E-state index in [4.69, 9.17) is 0 Å². The number of nitrogens with zero attached hydrogens (tertiary/aromatic N) is 4. The van der Waals surface area contributed by atoms with E-state index in [0.29, 0.717) is 10.4 Å². The third kappa shape index (κ3) is 4.13. The predicted octanol–water partition coefficient (Wildman–Crippen LogP) is 5.59. The summed E-state index contributed by atoms with van der Waals surface area (Å²) in [7, 11) is 0. The van der Waals surface area contributed by atoms with Crippen LogP contribution in [0.4, 0.5) is 18.3 Å². The highest BCUT2D eigenvalue weighted by molar-refractivity contribution is 7.14. The molecule has 0 unspecified atom stereocenters. The van der Waals surface area contributed by atoms with Gasteiger partial charge in [-0.15, -0.1) is 11.3 Å². The smallest absolute Gasteiger partial charge is 0.298 e. The molecule has 32 heavy (non-hydrogen) atoms. The van der Waals surface area contributed by atoms with Gasteiger partial charge in [0.25, 0.3) is 5.91 Å². The van der Waals surface area contributed by atoms with Gasteiger partial charge in [0.2, 0.25) is 0 Å². The van der Waals surface area contributed by atoms with Crippen molar-refractivity contribution in [2.45, 2.75) is 26.9 Å². The maximum absolute atomic E-state index is 13.8. The molecule has 0 fully saturated rings. The van der Waals surface area contributed by atoms with Crippen molar-refractivity contribution >= 4 is 22.4 Å². The van der Waals surface area contributed by atoms with E-state index in [-0.39, 0.29) is 10.9 Å². The number of thiazole rings is 1. The first-order chi connectivity index (χ1) is 15.1. The Hall–Kier alpha value is -3.53. The minimum Gasteiger partial charge on any atom is -0.298 e. The number of carbonyl (C=O) groups excluding carboxylic acids is 1.